The largest absolute Gasteiger partial charge is 0.444 e. The van der Waals surface area contributed by atoms with Gasteiger partial charge in [0, 0.05) is 0 Å². The zero-order valence-corrected chi connectivity index (χ0v) is 15.4. The van der Waals surface area contributed by atoms with Crippen LogP contribution in [-0.4, -0.2) is 6.09 Å². The fourth-order valence-electron chi connectivity index (χ4n) is 2.83. The molecule has 0 radical (unpaired) electrons. The average Bonchev–Trinajstić information content (AvgIpc) is 2.72. The molecule has 0 atom stereocenters. The first-order valence-electron chi connectivity index (χ1n) is 8.80. The van der Waals surface area contributed by atoms with Crippen molar-refractivity contribution in [3.8, 4) is 6.07 Å². The molecule has 3 aromatic carbocycles. The molecular weight excluding hydrogens is 355 g/mol. The summed E-state index contributed by atoms with van der Waals surface area (Å²) in [7, 11) is 0. The van der Waals surface area contributed by atoms with Crippen LogP contribution in [-0.2, 0) is 17.9 Å². The van der Waals surface area contributed by atoms with E-state index in [2.05, 4.69) is 6.07 Å². The van der Waals surface area contributed by atoms with E-state index in [1.54, 1.807) is 37.3 Å². The van der Waals surface area contributed by atoms with Gasteiger partial charge in [-0.25, -0.2) is 9.18 Å². The summed E-state index contributed by atoms with van der Waals surface area (Å²) in [6, 6.07) is 22.7. The molecule has 0 aliphatic carbocycles. The van der Waals surface area contributed by atoms with Crippen LogP contribution in [0.25, 0.3) is 0 Å². The first-order valence-corrected chi connectivity index (χ1v) is 8.80. The number of amides is 1. The molecule has 1 amide bonds. The quantitative estimate of drug-likeness (QED) is 0.605. The van der Waals surface area contributed by atoms with Gasteiger partial charge in [0.2, 0.25) is 0 Å². The van der Waals surface area contributed by atoms with Crippen LogP contribution in [0.15, 0.2) is 72.8 Å². The first kappa shape index (κ1) is 19.1. The number of ether oxygens (including phenoxy) is 1. The first-order chi connectivity index (χ1) is 13.6. The number of rotatable bonds is 5. The lowest BCUT2D eigenvalue weighted by Crippen LogP contribution is -2.31. The molecule has 0 saturated carbocycles. The van der Waals surface area contributed by atoms with E-state index in [-0.39, 0.29) is 19.0 Å². The second-order valence-corrected chi connectivity index (χ2v) is 6.37. The maximum absolute atomic E-state index is 13.5. The molecule has 0 bridgehead atoms. The van der Waals surface area contributed by atoms with Gasteiger partial charge in [0.1, 0.15) is 12.4 Å². The molecule has 0 saturated heterocycles. The van der Waals surface area contributed by atoms with Gasteiger partial charge < -0.3 is 4.74 Å². The highest BCUT2D eigenvalue weighted by molar-refractivity contribution is 5.88. The summed E-state index contributed by atoms with van der Waals surface area (Å²) in [4.78, 5) is 14.3. The van der Waals surface area contributed by atoms with Gasteiger partial charge in [0.05, 0.1) is 23.9 Å². The SMILES string of the molecule is Cc1cc(F)ccc1N(Cc1ccc(C#N)cc1)C(=O)OCc1ccccc1. The fourth-order valence-corrected chi connectivity index (χ4v) is 2.83. The van der Waals surface area contributed by atoms with E-state index in [0.717, 1.165) is 11.1 Å². The topological polar surface area (TPSA) is 53.3 Å². The number of carbonyl (C=O) groups excluding carboxylic acids is 1. The van der Waals surface area contributed by atoms with Gasteiger partial charge in [-0.05, 0) is 53.9 Å². The van der Waals surface area contributed by atoms with Crippen LogP contribution in [0.3, 0.4) is 0 Å². The Morgan fingerprint density at radius 1 is 1.04 bits per heavy atom. The molecule has 140 valence electrons. The Morgan fingerprint density at radius 2 is 1.75 bits per heavy atom. The third-order valence-corrected chi connectivity index (χ3v) is 4.30. The summed E-state index contributed by atoms with van der Waals surface area (Å²) in [5.41, 5.74) is 3.46. The Morgan fingerprint density at radius 3 is 2.39 bits per heavy atom. The van der Waals surface area contributed by atoms with Gasteiger partial charge in [-0.15, -0.1) is 0 Å². The number of hydrogen-bond acceptors (Lipinski definition) is 3. The summed E-state index contributed by atoms with van der Waals surface area (Å²) in [6.45, 7) is 2.13. The number of nitriles is 1. The summed E-state index contributed by atoms with van der Waals surface area (Å²) >= 11 is 0. The van der Waals surface area contributed by atoms with Crippen molar-refractivity contribution in [3.05, 3.63) is 101 Å². The zero-order chi connectivity index (χ0) is 19.9. The summed E-state index contributed by atoms with van der Waals surface area (Å²) in [5.74, 6) is -0.364. The Kier molecular flexibility index (Phi) is 6.03. The van der Waals surface area contributed by atoms with Crippen molar-refractivity contribution >= 4 is 11.8 Å². The van der Waals surface area contributed by atoms with Gasteiger partial charge in [0.15, 0.2) is 0 Å². The lowest BCUT2D eigenvalue weighted by Gasteiger charge is -2.24. The van der Waals surface area contributed by atoms with Gasteiger partial charge in [-0.2, -0.15) is 5.26 Å². The molecule has 5 heteroatoms. The van der Waals surface area contributed by atoms with E-state index in [9.17, 15) is 9.18 Å². The minimum absolute atomic E-state index is 0.143. The maximum Gasteiger partial charge on any atom is 0.414 e. The van der Waals surface area contributed by atoms with Crippen LogP contribution >= 0.6 is 0 Å². The van der Waals surface area contributed by atoms with Crippen LogP contribution < -0.4 is 4.90 Å². The molecule has 0 unspecified atom stereocenters. The molecule has 0 aliphatic heterocycles. The highest BCUT2D eigenvalue weighted by Gasteiger charge is 2.20. The normalized spacial score (nSPS) is 10.2. The number of carbonyl (C=O) groups is 1. The van der Waals surface area contributed by atoms with Crippen molar-refractivity contribution in [2.45, 2.75) is 20.1 Å². The van der Waals surface area contributed by atoms with E-state index in [1.807, 2.05) is 30.3 Å². The van der Waals surface area contributed by atoms with E-state index in [1.165, 1.54) is 17.0 Å². The van der Waals surface area contributed by atoms with Crippen molar-refractivity contribution in [2.24, 2.45) is 0 Å². The van der Waals surface area contributed by atoms with Crippen LogP contribution in [0.5, 0.6) is 0 Å². The Labute approximate surface area is 163 Å². The second kappa shape index (κ2) is 8.83. The highest BCUT2D eigenvalue weighted by Crippen LogP contribution is 2.24. The van der Waals surface area contributed by atoms with Crippen molar-refractivity contribution in [2.75, 3.05) is 4.90 Å². The Bertz CT molecular complexity index is 995. The molecule has 3 rings (SSSR count). The predicted molar refractivity (Wildman–Crippen MR) is 105 cm³/mol. The van der Waals surface area contributed by atoms with Crippen molar-refractivity contribution in [1.29, 1.82) is 5.26 Å². The van der Waals surface area contributed by atoms with Gasteiger partial charge >= 0.3 is 6.09 Å². The van der Waals surface area contributed by atoms with Crippen LogP contribution in [0.4, 0.5) is 14.9 Å². The third kappa shape index (κ3) is 4.74. The minimum Gasteiger partial charge on any atom is -0.444 e. The molecule has 0 heterocycles. The Hall–Kier alpha value is -3.65. The number of benzene rings is 3. The van der Waals surface area contributed by atoms with Gasteiger partial charge in [0.25, 0.3) is 0 Å². The van der Waals surface area contributed by atoms with E-state index in [4.69, 9.17) is 10.00 Å². The molecular formula is C23H19FN2O2. The number of anilines is 1. The van der Waals surface area contributed by atoms with E-state index in [0.29, 0.717) is 16.8 Å². The van der Waals surface area contributed by atoms with E-state index >= 15 is 0 Å². The van der Waals surface area contributed by atoms with Crippen molar-refractivity contribution in [1.82, 2.24) is 0 Å². The Balaban J connectivity index is 1.84. The van der Waals surface area contributed by atoms with Crippen LogP contribution in [0.1, 0.15) is 22.3 Å². The molecule has 28 heavy (non-hydrogen) atoms. The standard InChI is InChI=1S/C23H19FN2O2/c1-17-13-21(24)11-12-22(17)26(15-19-9-7-18(14-25)8-10-19)23(27)28-16-20-5-3-2-4-6-20/h2-13H,15-16H2,1H3. The van der Waals surface area contributed by atoms with Crippen LogP contribution in [0, 0.1) is 24.1 Å². The molecule has 0 N–H and O–H groups in total. The monoisotopic (exact) mass is 374 g/mol. The third-order valence-electron chi connectivity index (χ3n) is 4.30. The lowest BCUT2D eigenvalue weighted by atomic mass is 10.1. The number of hydrogen-bond donors (Lipinski definition) is 0. The molecule has 0 spiro atoms. The number of nitrogens with zero attached hydrogens (tertiary/aromatic N) is 2. The summed E-state index contributed by atoms with van der Waals surface area (Å²) < 4.78 is 19.0. The molecule has 0 aromatic heterocycles. The van der Waals surface area contributed by atoms with Crippen molar-refractivity contribution < 1.29 is 13.9 Å². The minimum atomic E-state index is -0.525. The van der Waals surface area contributed by atoms with Crippen LogP contribution in [0.2, 0.25) is 0 Å². The maximum atomic E-state index is 13.5. The lowest BCUT2D eigenvalue weighted by molar-refractivity contribution is 0.146. The number of aryl methyl sites for hydroxylation is 1. The summed E-state index contributed by atoms with van der Waals surface area (Å²) in [6.07, 6.45) is -0.525. The van der Waals surface area contributed by atoms with Crippen molar-refractivity contribution in [3.63, 3.8) is 0 Å². The van der Waals surface area contributed by atoms with Gasteiger partial charge in [-0.1, -0.05) is 42.5 Å². The zero-order valence-electron chi connectivity index (χ0n) is 15.4. The molecule has 3 aromatic rings. The number of halogens is 1. The summed E-state index contributed by atoms with van der Waals surface area (Å²) in [5, 5.41) is 8.95. The molecule has 0 fully saturated rings. The fraction of sp³-hybridized carbons (Fsp3) is 0.130. The highest BCUT2D eigenvalue weighted by atomic mass is 19.1. The smallest absolute Gasteiger partial charge is 0.414 e. The average molecular weight is 374 g/mol. The predicted octanol–water partition coefficient (Wildman–Crippen LogP) is 5.35. The van der Waals surface area contributed by atoms with Gasteiger partial charge in [-0.3, -0.25) is 4.90 Å². The van der Waals surface area contributed by atoms with E-state index < -0.39 is 6.09 Å². The molecule has 4 nitrogen and oxygen atoms in total. The molecule has 0 aliphatic rings. The second-order valence-electron chi connectivity index (χ2n) is 6.37.